The molecule has 0 aliphatic carbocycles. The number of hydrogen-bond donors (Lipinski definition) is 2. The highest BCUT2D eigenvalue weighted by molar-refractivity contribution is 5.79. The number of aliphatic hydroxyl groups excluding tert-OH is 1. The Balaban J connectivity index is 1.54. The van der Waals surface area contributed by atoms with Crippen molar-refractivity contribution in [1.82, 2.24) is 5.32 Å². The molecule has 2 saturated heterocycles. The number of carbonyl (C=O) groups excluding carboxylic acids is 1. The van der Waals surface area contributed by atoms with Crippen molar-refractivity contribution in [2.75, 3.05) is 20.3 Å². The summed E-state index contributed by atoms with van der Waals surface area (Å²) in [6.45, 7) is 0.640. The van der Waals surface area contributed by atoms with E-state index in [0.29, 0.717) is 13.0 Å². The highest BCUT2D eigenvalue weighted by atomic mass is 16.6. The molecule has 0 aromatic heterocycles. The third-order valence-corrected chi connectivity index (χ3v) is 3.90. The number of ether oxygens (including phenoxy) is 3. The largest absolute Gasteiger partial charge is 0.497 e. The number of rotatable bonds is 4. The third-order valence-electron chi connectivity index (χ3n) is 3.90. The SMILES string of the molecule is COc1ccc(CC(=O)N[C@H]2CO[C@H]3[C@@H]2OC[C@H]3O)cc1. The van der Waals surface area contributed by atoms with Crippen molar-refractivity contribution in [1.29, 1.82) is 0 Å². The van der Waals surface area contributed by atoms with Crippen molar-refractivity contribution < 1.29 is 24.1 Å². The molecule has 1 aromatic carbocycles. The summed E-state index contributed by atoms with van der Waals surface area (Å²) in [4.78, 5) is 12.1. The molecule has 0 bridgehead atoms. The second-order valence-electron chi connectivity index (χ2n) is 5.36. The standard InChI is InChI=1S/C15H19NO5/c1-19-10-4-2-9(3-5-10)6-13(18)16-11-7-20-15-12(17)8-21-14(11)15/h2-5,11-12,14-15,17H,6-8H2,1H3,(H,16,18)/t11-,12+,14+,15+/m0/s1. The van der Waals surface area contributed by atoms with E-state index in [1.54, 1.807) is 7.11 Å². The molecule has 4 atom stereocenters. The first-order chi connectivity index (χ1) is 10.2. The van der Waals surface area contributed by atoms with Crippen LogP contribution in [0.1, 0.15) is 5.56 Å². The lowest BCUT2D eigenvalue weighted by Crippen LogP contribution is -2.44. The summed E-state index contributed by atoms with van der Waals surface area (Å²) < 4.78 is 16.0. The van der Waals surface area contributed by atoms with Crippen molar-refractivity contribution in [2.24, 2.45) is 0 Å². The Kier molecular flexibility index (Phi) is 4.10. The zero-order valence-electron chi connectivity index (χ0n) is 11.8. The van der Waals surface area contributed by atoms with Gasteiger partial charge in [0.2, 0.25) is 5.91 Å². The van der Waals surface area contributed by atoms with E-state index in [4.69, 9.17) is 14.2 Å². The summed E-state index contributed by atoms with van der Waals surface area (Å²) in [6.07, 6.45) is -0.880. The minimum atomic E-state index is -0.599. The van der Waals surface area contributed by atoms with Gasteiger partial charge in [-0.2, -0.15) is 0 Å². The van der Waals surface area contributed by atoms with Gasteiger partial charge in [-0.15, -0.1) is 0 Å². The summed E-state index contributed by atoms with van der Waals surface area (Å²) in [5, 5.41) is 12.6. The van der Waals surface area contributed by atoms with Gasteiger partial charge in [-0.05, 0) is 17.7 Å². The molecule has 0 spiro atoms. The zero-order valence-corrected chi connectivity index (χ0v) is 11.8. The van der Waals surface area contributed by atoms with Crippen LogP contribution >= 0.6 is 0 Å². The van der Waals surface area contributed by atoms with Crippen LogP contribution in [-0.4, -0.2) is 55.7 Å². The molecule has 0 saturated carbocycles. The van der Waals surface area contributed by atoms with Crippen molar-refractivity contribution >= 4 is 5.91 Å². The molecule has 1 aromatic rings. The number of methoxy groups -OCH3 is 1. The molecule has 0 radical (unpaired) electrons. The molecule has 2 fully saturated rings. The van der Waals surface area contributed by atoms with Gasteiger partial charge < -0.3 is 24.6 Å². The van der Waals surface area contributed by atoms with Gasteiger partial charge >= 0.3 is 0 Å². The van der Waals surface area contributed by atoms with Crippen LogP contribution in [0.2, 0.25) is 0 Å². The Hall–Kier alpha value is -1.63. The second-order valence-corrected chi connectivity index (χ2v) is 5.36. The average Bonchev–Trinajstić information content (AvgIpc) is 3.04. The van der Waals surface area contributed by atoms with Crippen LogP contribution in [-0.2, 0) is 20.7 Å². The molecule has 2 heterocycles. The highest BCUT2D eigenvalue weighted by Gasteiger charge is 2.47. The van der Waals surface area contributed by atoms with Gasteiger partial charge in [0.25, 0.3) is 0 Å². The number of amides is 1. The molecule has 2 aliphatic rings. The van der Waals surface area contributed by atoms with Gasteiger partial charge in [0, 0.05) is 0 Å². The Morgan fingerprint density at radius 3 is 2.71 bits per heavy atom. The minimum Gasteiger partial charge on any atom is -0.497 e. The van der Waals surface area contributed by atoms with Crippen LogP contribution in [0.25, 0.3) is 0 Å². The third kappa shape index (κ3) is 3.02. The van der Waals surface area contributed by atoms with E-state index in [1.165, 1.54) is 0 Å². The molecule has 0 unspecified atom stereocenters. The molecule has 2 N–H and O–H groups in total. The monoisotopic (exact) mass is 293 g/mol. The Morgan fingerprint density at radius 2 is 2.00 bits per heavy atom. The van der Waals surface area contributed by atoms with Crippen LogP contribution in [0.4, 0.5) is 0 Å². The van der Waals surface area contributed by atoms with Gasteiger partial charge in [0.15, 0.2) is 0 Å². The zero-order chi connectivity index (χ0) is 14.8. The van der Waals surface area contributed by atoms with Crippen LogP contribution in [0, 0.1) is 0 Å². The lowest BCUT2D eigenvalue weighted by atomic mass is 10.1. The molecule has 6 nitrogen and oxygen atoms in total. The fraction of sp³-hybridized carbons (Fsp3) is 0.533. The number of fused-ring (bicyclic) bond motifs is 1. The summed E-state index contributed by atoms with van der Waals surface area (Å²) in [7, 11) is 1.61. The van der Waals surface area contributed by atoms with Gasteiger partial charge in [-0.3, -0.25) is 4.79 Å². The van der Waals surface area contributed by atoms with Crippen molar-refractivity contribution in [2.45, 2.75) is 30.8 Å². The molecule has 1 amide bonds. The maximum atomic E-state index is 12.1. The van der Waals surface area contributed by atoms with Crippen LogP contribution in [0.15, 0.2) is 24.3 Å². The normalized spacial score (nSPS) is 31.0. The number of benzene rings is 1. The van der Waals surface area contributed by atoms with Crippen LogP contribution in [0.3, 0.4) is 0 Å². The van der Waals surface area contributed by atoms with Gasteiger partial charge in [-0.25, -0.2) is 0 Å². The van der Waals surface area contributed by atoms with Crippen LogP contribution < -0.4 is 10.1 Å². The first-order valence-corrected chi connectivity index (χ1v) is 7.01. The molecule has 3 rings (SSSR count). The smallest absolute Gasteiger partial charge is 0.224 e. The van der Waals surface area contributed by atoms with Gasteiger partial charge in [0.05, 0.1) is 32.8 Å². The molecular weight excluding hydrogens is 274 g/mol. The first kappa shape index (κ1) is 14.3. The van der Waals surface area contributed by atoms with Gasteiger partial charge in [0.1, 0.15) is 24.1 Å². The maximum absolute atomic E-state index is 12.1. The summed E-state index contributed by atoms with van der Waals surface area (Å²) in [5.41, 5.74) is 0.913. The minimum absolute atomic E-state index is 0.0839. The topological polar surface area (TPSA) is 77.0 Å². The Bertz CT molecular complexity index is 503. The molecule has 6 heteroatoms. The summed E-state index contributed by atoms with van der Waals surface area (Å²) in [5.74, 6) is 0.680. The Labute approximate surface area is 123 Å². The van der Waals surface area contributed by atoms with Gasteiger partial charge in [-0.1, -0.05) is 12.1 Å². The second kappa shape index (κ2) is 6.01. The summed E-state index contributed by atoms with van der Waals surface area (Å²) in [6, 6.07) is 7.18. The lowest BCUT2D eigenvalue weighted by Gasteiger charge is -2.17. The Morgan fingerprint density at radius 1 is 1.29 bits per heavy atom. The van der Waals surface area contributed by atoms with E-state index >= 15 is 0 Å². The van der Waals surface area contributed by atoms with E-state index in [2.05, 4.69) is 5.32 Å². The number of hydrogen-bond acceptors (Lipinski definition) is 5. The molecule has 2 aliphatic heterocycles. The maximum Gasteiger partial charge on any atom is 0.224 e. The summed E-state index contributed by atoms with van der Waals surface area (Å²) >= 11 is 0. The van der Waals surface area contributed by atoms with Crippen molar-refractivity contribution in [3.05, 3.63) is 29.8 Å². The molecular formula is C15H19NO5. The molecule has 21 heavy (non-hydrogen) atoms. The highest BCUT2D eigenvalue weighted by Crippen LogP contribution is 2.27. The molecule has 114 valence electrons. The quantitative estimate of drug-likeness (QED) is 0.809. The fourth-order valence-corrected chi connectivity index (χ4v) is 2.79. The number of carbonyl (C=O) groups is 1. The number of nitrogens with one attached hydrogen (secondary N) is 1. The van der Waals surface area contributed by atoms with E-state index in [-0.39, 0.29) is 30.8 Å². The lowest BCUT2D eigenvalue weighted by molar-refractivity contribution is -0.121. The van der Waals surface area contributed by atoms with Crippen molar-refractivity contribution in [3.63, 3.8) is 0 Å². The van der Waals surface area contributed by atoms with Crippen molar-refractivity contribution in [3.8, 4) is 5.75 Å². The number of aliphatic hydroxyl groups is 1. The predicted octanol–water partition coefficient (Wildman–Crippen LogP) is -0.119. The fourth-order valence-electron chi connectivity index (χ4n) is 2.79. The predicted molar refractivity (Wildman–Crippen MR) is 74.1 cm³/mol. The average molecular weight is 293 g/mol. The van der Waals surface area contributed by atoms with E-state index in [9.17, 15) is 9.90 Å². The van der Waals surface area contributed by atoms with Crippen LogP contribution in [0.5, 0.6) is 5.75 Å². The van der Waals surface area contributed by atoms with E-state index < -0.39 is 6.10 Å². The van der Waals surface area contributed by atoms with E-state index in [1.807, 2.05) is 24.3 Å². The first-order valence-electron chi connectivity index (χ1n) is 7.01. The van der Waals surface area contributed by atoms with E-state index in [0.717, 1.165) is 11.3 Å².